The second-order valence-corrected chi connectivity index (χ2v) is 4.52. The first-order valence-electron chi connectivity index (χ1n) is 5.61. The standard InChI is InChI=1S/C12H15NO5S/c1-4-18-9(15)5-8(14)13-10-7(2)6-19-11(10)12(16)17-3/h6H,4-5H2,1-3H3,(H,13,14). The quantitative estimate of drug-likeness (QED) is 0.658. The number of aryl methyl sites for hydroxylation is 1. The minimum Gasteiger partial charge on any atom is -0.466 e. The van der Waals surface area contributed by atoms with Gasteiger partial charge < -0.3 is 14.8 Å². The summed E-state index contributed by atoms with van der Waals surface area (Å²) in [5.41, 5.74) is 1.12. The predicted octanol–water partition coefficient (Wildman–Crippen LogP) is 1.73. The number of esters is 2. The van der Waals surface area contributed by atoms with Crippen LogP contribution in [0.5, 0.6) is 0 Å². The molecule has 7 heteroatoms. The lowest BCUT2D eigenvalue weighted by Gasteiger charge is -2.07. The number of methoxy groups -OCH3 is 1. The summed E-state index contributed by atoms with van der Waals surface area (Å²) in [6.45, 7) is 3.63. The Bertz CT molecular complexity index is 494. The van der Waals surface area contributed by atoms with Gasteiger partial charge in [-0.15, -0.1) is 11.3 Å². The molecule has 19 heavy (non-hydrogen) atoms. The molecule has 0 radical (unpaired) electrons. The van der Waals surface area contributed by atoms with Crippen LogP contribution in [0, 0.1) is 6.92 Å². The van der Waals surface area contributed by atoms with Gasteiger partial charge in [-0.25, -0.2) is 4.79 Å². The molecule has 0 fully saturated rings. The van der Waals surface area contributed by atoms with E-state index in [0.29, 0.717) is 10.6 Å². The zero-order chi connectivity index (χ0) is 14.4. The van der Waals surface area contributed by atoms with Crippen molar-refractivity contribution >= 4 is 34.9 Å². The van der Waals surface area contributed by atoms with Crippen LogP contribution in [-0.4, -0.2) is 31.6 Å². The number of amides is 1. The molecule has 6 nitrogen and oxygen atoms in total. The molecule has 0 atom stereocenters. The number of carbonyl (C=O) groups is 3. The van der Waals surface area contributed by atoms with Crippen molar-refractivity contribution in [1.29, 1.82) is 0 Å². The van der Waals surface area contributed by atoms with E-state index in [1.165, 1.54) is 18.4 Å². The van der Waals surface area contributed by atoms with E-state index in [9.17, 15) is 14.4 Å². The smallest absolute Gasteiger partial charge is 0.350 e. The maximum Gasteiger partial charge on any atom is 0.350 e. The van der Waals surface area contributed by atoms with Crippen LogP contribution in [-0.2, 0) is 19.1 Å². The van der Waals surface area contributed by atoms with Crippen molar-refractivity contribution in [3.05, 3.63) is 15.8 Å². The third-order valence-corrected chi connectivity index (χ3v) is 3.30. The molecule has 0 aliphatic heterocycles. The molecule has 0 spiro atoms. The van der Waals surface area contributed by atoms with E-state index >= 15 is 0 Å². The normalized spacial score (nSPS) is 9.84. The highest BCUT2D eigenvalue weighted by Gasteiger charge is 2.19. The summed E-state index contributed by atoms with van der Waals surface area (Å²) in [4.78, 5) is 34.6. The third-order valence-electron chi connectivity index (χ3n) is 2.22. The maximum absolute atomic E-state index is 11.7. The Balaban J connectivity index is 2.76. The van der Waals surface area contributed by atoms with Gasteiger partial charge in [0.15, 0.2) is 0 Å². The fourth-order valence-corrected chi connectivity index (χ4v) is 2.29. The van der Waals surface area contributed by atoms with E-state index in [1.807, 2.05) is 0 Å². The second-order valence-electron chi connectivity index (χ2n) is 3.64. The molecule has 0 saturated heterocycles. The molecular weight excluding hydrogens is 270 g/mol. The molecule has 0 unspecified atom stereocenters. The van der Waals surface area contributed by atoms with Crippen molar-refractivity contribution in [3.63, 3.8) is 0 Å². The fourth-order valence-electron chi connectivity index (χ4n) is 1.37. The molecule has 1 aromatic heterocycles. The Morgan fingerprint density at radius 2 is 2.05 bits per heavy atom. The number of ether oxygens (including phenoxy) is 2. The molecule has 0 aliphatic carbocycles. The summed E-state index contributed by atoms with van der Waals surface area (Å²) in [5.74, 6) is -1.65. The average molecular weight is 285 g/mol. The lowest BCUT2D eigenvalue weighted by atomic mass is 10.2. The summed E-state index contributed by atoms with van der Waals surface area (Å²) in [7, 11) is 1.27. The Morgan fingerprint density at radius 1 is 1.37 bits per heavy atom. The van der Waals surface area contributed by atoms with Gasteiger partial charge in [0.1, 0.15) is 11.3 Å². The molecule has 0 bridgehead atoms. The lowest BCUT2D eigenvalue weighted by molar-refractivity contribution is -0.145. The zero-order valence-electron chi connectivity index (χ0n) is 10.9. The van der Waals surface area contributed by atoms with E-state index < -0.39 is 17.8 Å². The minimum absolute atomic E-state index is 0.219. The van der Waals surface area contributed by atoms with E-state index in [1.54, 1.807) is 19.2 Å². The van der Waals surface area contributed by atoms with Crippen molar-refractivity contribution in [2.75, 3.05) is 19.0 Å². The summed E-state index contributed by atoms with van der Waals surface area (Å²) in [6, 6.07) is 0. The molecule has 1 N–H and O–H groups in total. The van der Waals surface area contributed by atoms with Gasteiger partial charge in [0.2, 0.25) is 5.91 Å². The molecular formula is C12H15NO5S. The Kier molecular flexibility index (Phi) is 5.50. The first-order valence-corrected chi connectivity index (χ1v) is 6.49. The topological polar surface area (TPSA) is 81.7 Å². The highest BCUT2D eigenvalue weighted by atomic mass is 32.1. The number of nitrogens with one attached hydrogen (secondary N) is 1. The highest BCUT2D eigenvalue weighted by molar-refractivity contribution is 7.12. The van der Waals surface area contributed by atoms with Crippen LogP contribution >= 0.6 is 11.3 Å². The Labute approximate surface area is 114 Å². The predicted molar refractivity (Wildman–Crippen MR) is 70.3 cm³/mol. The van der Waals surface area contributed by atoms with Gasteiger partial charge in [0, 0.05) is 0 Å². The van der Waals surface area contributed by atoms with Crippen molar-refractivity contribution in [2.45, 2.75) is 20.3 Å². The highest BCUT2D eigenvalue weighted by Crippen LogP contribution is 2.28. The summed E-state index contributed by atoms with van der Waals surface area (Å²) in [5, 5.41) is 4.26. The lowest BCUT2D eigenvalue weighted by Crippen LogP contribution is -2.19. The summed E-state index contributed by atoms with van der Waals surface area (Å²) in [6.07, 6.45) is -0.385. The van der Waals surface area contributed by atoms with Crippen molar-refractivity contribution in [3.8, 4) is 0 Å². The van der Waals surface area contributed by atoms with Gasteiger partial charge in [0.05, 0.1) is 19.4 Å². The number of rotatable bonds is 5. The molecule has 1 rings (SSSR count). The minimum atomic E-state index is -0.604. The van der Waals surface area contributed by atoms with Crippen molar-refractivity contribution in [1.82, 2.24) is 0 Å². The summed E-state index contributed by atoms with van der Waals surface area (Å²) < 4.78 is 9.29. The van der Waals surface area contributed by atoms with Gasteiger partial charge in [-0.3, -0.25) is 9.59 Å². The maximum atomic E-state index is 11.7. The van der Waals surface area contributed by atoms with Gasteiger partial charge in [-0.05, 0) is 24.8 Å². The van der Waals surface area contributed by atoms with Crippen LogP contribution in [0.2, 0.25) is 0 Å². The Hall–Kier alpha value is -1.89. The number of carbonyl (C=O) groups excluding carboxylic acids is 3. The molecule has 1 aromatic rings. The number of hydrogen-bond acceptors (Lipinski definition) is 6. The van der Waals surface area contributed by atoms with Crippen LogP contribution in [0.15, 0.2) is 5.38 Å². The number of thiophene rings is 1. The molecule has 1 heterocycles. The monoisotopic (exact) mass is 285 g/mol. The van der Waals surface area contributed by atoms with Crippen LogP contribution in [0.3, 0.4) is 0 Å². The van der Waals surface area contributed by atoms with E-state index in [2.05, 4.69) is 14.8 Å². The SMILES string of the molecule is CCOC(=O)CC(=O)Nc1c(C)csc1C(=O)OC. The third kappa shape index (κ3) is 4.06. The van der Waals surface area contributed by atoms with E-state index in [0.717, 1.165) is 5.56 Å². The van der Waals surface area contributed by atoms with Crippen molar-refractivity contribution < 1.29 is 23.9 Å². The first kappa shape index (κ1) is 15.2. The van der Waals surface area contributed by atoms with Crippen LogP contribution in [0.4, 0.5) is 5.69 Å². The van der Waals surface area contributed by atoms with Gasteiger partial charge in [0.25, 0.3) is 0 Å². The fraction of sp³-hybridized carbons (Fsp3) is 0.417. The van der Waals surface area contributed by atoms with Crippen molar-refractivity contribution in [2.24, 2.45) is 0 Å². The van der Waals surface area contributed by atoms with E-state index in [-0.39, 0.29) is 13.0 Å². The molecule has 0 aliphatic rings. The van der Waals surface area contributed by atoms with Crippen LogP contribution in [0.1, 0.15) is 28.6 Å². The second kappa shape index (κ2) is 6.89. The molecule has 1 amide bonds. The van der Waals surface area contributed by atoms with Crippen LogP contribution in [0.25, 0.3) is 0 Å². The van der Waals surface area contributed by atoms with Gasteiger partial charge in [-0.2, -0.15) is 0 Å². The first-order chi connectivity index (χ1) is 8.99. The summed E-state index contributed by atoms with van der Waals surface area (Å²) >= 11 is 1.17. The van der Waals surface area contributed by atoms with Crippen LogP contribution < -0.4 is 5.32 Å². The number of hydrogen-bond donors (Lipinski definition) is 1. The average Bonchev–Trinajstić information content (AvgIpc) is 2.70. The van der Waals surface area contributed by atoms with Gasteiger partial charge in [-0.1, -0.05) is 0 Å². The molecule has 0 aromatic carbocycles. The zero-order valence-corrected chi connectivity index (χ0v) is 11.8. The van der Waals surface area contributed by atoms with Gasteiger partial charge >= 0.3 is 11.9 Å². The molecule has 0 saturated carbocycles. The van der Waals surface area contributed by atoms with E-state index in [4.69, 9.17) is 0 Å². The molecule has 104 valence electrons. The Morgan fingerprint density at radius 3 is 2.63 bits per heavy atom. The number of anilines is 1. The largest absolute Gasteiger partial charge is 0.466 e.